The Kier molecular flexibility index (Phi) is 12.0. The van der Waals surface area contributed by atoms with Gasteiger partial charge in [0.15, 0.2) is 11.4 Å². The Morgan fingerprint density at radius 2 is 1.39 bits per heavy atom. The number of hydrogen-bond donors (Lipinski definition) is 2. The van der Waals surface area contributed by atoms with Crippen LogP contribution in [-0.2, 0) is 20.2 Å². The first-order valence-corrected chi connectivity index (χ1v) is 14.5. The van der Waals surface area contributed by atoms with Gasteiger partial charge in [-0.15, -0.1) is 0 Å². The predicted octanol–water partition coefficient (Wildman–Crippen LogP) is 3.02. The topological polar surface area (TPSA) is 158 Å². The summed E-state index contributed by atoms with van der Waals surface area (Å²) in [5.74, 6) is 0.138. The molecule has 0 spiro atoms. The van der Waals surface area contributed by atoms with Crippen molar-refractivity contribution in [1.29, 1.82) is 10.5 Å². The van der Waals surface area contributed by atoms with Crippen molar-refractivity contribution in [2.24, 2.45) is 11.8 Å². The van der Waals surface area contributed by atoms with Gasteiger partial charge in [0.2, 0.25) is 0 Å². The second-order valence-corrected chi connectivity index (χ2v) is 11.4. The molecule has 2 N–H and O–H groups in total. The van der Waals surface area contributed by atoms with Gasteiger partial charge in [-0.05, 0) is 24.7 Å². The van der Waals surface area contributed by atoms with Crippen molar-refractivity contribution in [2.45, 2.75) is 84.2 Å². The molecule has 33 heavy (non-hydrogen) atoms. The lowest BCUT2D eigenvalue weighted by Gasteiger charge is -2.18. The molecule has 10 nitrogen and oxygen atoms in total. The van der Waals surface area contributed by atoms with E-state index in [4.69, 9.17) is 0 Å². The van der Waals surface area contributed by atoms with Crippen molar-refractivity contribution >= 4 is 20.2 Å². The highest BCUT2D eigenvalue weighted by atomic mass is 32.2. The summed E-state index contributed by atoms with van der Waals surface area (Å²) in [6.45, 7) is 8.19. The fourth-order valence-electron chi connectivity index (χ4n) is 3.42. The van der Waals surface area contributed by atoms with Crippen molar-refractivity contribution in [1.82, 2.24) is 18.4 Å². The summed E-state index contributed by atoms with van der Waals surface area (Å²) in [6.07, 6.45) is 6.97. The molecule has 186 valence electrons. The lowest BCUT2D eigenvalue weighted by Crippen LogP contribution is -2.38. The number of nitrogens with one attached hydrogen (secondary N) is 2. The van der Waals surface area contributed by atoms with Crippen LogP contribution in [0.25, 0.3) is 0 Å². The third kappa shape index (κ3) is 8.07. The van der Waals surface area contributed by atoms with Crippen LogP contribution < -0.4 is 9.44 Å². The first-order chi connectivity index (χ1) is 15.6. The van der Waals surface area contributed by atoms with Crippen molar-refractivity contribution in [2.75, 3.05) is 13.1 Å². The van der Waals surface area contributed by atoms with Crippen LogP contribution in [0.1, 0.15) is 90.4 Å². The summed E-state index contributed by atoms with van der Waals surface area (Å²) in [4.78, 5) is 3.71. The SMILES string of the molecule is CCCCC(CC)CNS(=O)(=O)c1nc(C#N)c(C#N)n1S(=O)(=O)NCC(CC)CCCC. The molecule has 0 amide bonds. The van der Waals surface area contributed by atoms with Crippen LogP contribution in [-0.4, -0.2) is 38.9 Å². The van der Waals surface area contributed by atoms with Gasteiger partial charge in [0.05, 0.1) is 0 Å². The number of sulfonamides is 1. The van der Waals surface area contributed by atoms with Crippen LogP contribution in [0, 0.1) is 34.5 Å². The third-order valence-electron chi connectivity index (χ3n) is 5.70. The van der Waals surface area contributed by atoms with Crippen LogP contribution >= 0.6 is 0 Å². The molecule has 0 aliphatic heterocycles. The zero-order chi connectivity index (χ0) is 25.1. The third-order valence-corrected chi connectivity index (χ3v) is 8.49. The molecule has 2 atom stereocenters. The van der Waals surface area contributed by atoms with Crippen LogP contribution in [0.2, 0.25) is 0 Å². The lowest BCUT2D eigenvalue weighted by molar-refractivity contribution is 0.440. The number of unbranched alkanes of at least 4 members (excludes halogenated alkanes) is 2. The number of nitriles is 2. The average Bonchev–Trinajstić information content (AvgIpc) is 3.20. The molecule has 2 unspecified atom stereocenters. The van der Waals surface area contributed by atoms with Crippen LogP contribution in [0.15, 0.2) is 5.16 Å². The first kappa shape index (κ1) is 29.0. The van der Waals surface area contributed by atoms with Crippen molar-refractivity contribution in [3.05, 3.63) is 11.4 Å². The van der Waals surface area contributed by atoms with E-state index < -0.39 is 36.8 Å². The predicted molar refractivity (Wildman–Crippen MR) is 126 cm³/mol. The van der Waals surface area contributed by atoms with E-state index in [1.54, 1.807) is 12.1 Å². The molecule has 0 saturated heterocycles. The van der Waals surface area contributed by atoms with Gasteiger partial charge in [-0.25, -0.2) is 18.1 Å². The Hall–Kier alpha value is -1.99. The Balaban J connectivity index is 3.32. The normalized spacial score (nSPS) is 13.9. The molecular weight excluding hydrogens is 464 g/mol. The standard InChI is InChI=1S/C21H36N6O4S2/c1-5-9-11-17(7-3)15-24-32(28,29)21-26-19(13-22)20(14-23)27(21)33(30,31)25-16-18(8-4)12-10-6-2/h17-18,24-25H,5-12,15-16H2,1-4H3. The van der Waals surface area contributed by atoms with E-state index in [1.165, 1.54) is 0 Å². The lowest BCUT2D eigenvalue weighted by atomic mass is 10.00. The summed E-state index contributed by atoms with van der Waals surface area (Å²) >= 11 is 0. The van der Waals surface area contributed by atoms with Crippen molar-refractivity contribution < 1.29 is 16.8 Å². The summed E-state index contributed by atoms with van der Waals surface area (Å²) in [6, 6.07) is 3.24. The largest absolute Gasteiger partial charge is 0.308 e. The Bertz CT molecular complexity index is 1050. The second kappa shape index (κ2) is 13.7. The van der Waals surface area contributed by atoms with E-state index in [0.717, 1.165) is 51.4 Å². The first-order valence-electron chi connectivity index (χ1n) is 11.5. The maximum Gasteiger partial charge on any atom is 0.308 e. The molecule has 1 aromatic rings. The van der Waals surface area contributed by atoms with Crippen LogP contribution in [0.3, 0.4) is 0 Å². The molecule has 0 saturated carbocycles. The van der Waals surface area contributed by atoms with E-state index >= 15 is 0 Å². The molecule has 0 radical (unpaired) electrons. The zero-order valence-electron chi connectivity index (χ0n) is 20.0. The van der Waals surface area contributed by atoms with Crippen molar-refractivity contribution in [3.63, 3.8) is 0 Å². The maximum atomic E-state index is 13.1. The van der Waals surface area contributed by atoms with E-state index in [9.17, 15) is 27.4 Å². The smallest absolute Gasteiger partial charge is 0.208 e. The number of imidazole rings is 1. The zero-order valence-corrected chi connectivity index (χ0v) is 21.6. The Morgan fingerprint density at radius 1 is 0.879 bits per heavy atom. The molecule has 0 aromatic carbocycles. The highest BCUT2D eigenvalue weighted by Crippen LogP contribution is 2.20. The van der Waals surface area contributed by atoms with Gasteiger partial charge < -0.3 is 0 Å². The maximum absolute atomic E-state index is 13.1. The molecule has 1 heterocycles. The number of aromatic nitrogens is 2. The van der Waals surface area contributed by atoms with Gasteiger partial charge in [-0.1, -0.05) is 66.2 Å². The minimum atomic E-state index is -4.48. The quantitative estimate of drug-likeness (QED) is 0.353. The molecule has 1 rings (SSSR count). The number of rotatable bonds is 16. The molecule has 0 aliphatic carbocycles. The molecule has 0 fully saturated rings. The number of hydrogen-bond acceptors (Lipinski definition) is 7. The fourth-order valence-corrected chi connectivity index (χ4v) is 6.30. The monoisotopic (exact) mass is 500 g/mol. The van der Waals surface area contributed by atoms with Crippen molar-refractivity contribution in [3.8, 4) is 12.1 Å². The molecule has 0 aliphatic rings. The van der Waals surface area contributed by atoms with E-state index in [-0.39, 0.29) is 24.9 Å². The average molecular weight is 501 g/mol. The summed E-state index contributed by atoms with van der Waals surface area (Å²) in [5.41, 5.74) is -1.19. The van der Waals surface area contributed by atoms with Gasteiger partial charge in [-0.3, -0.25) is 0 Å². The second-order valence-electron chi connectivity index (χ2n) is 8.12. The summed E-state index contributed by atoms with van der Waals surface area (Å²) < 4.78 is 57.4. The highest BCUT2D eigenvalue weighted by molar-refractivity contribution is 7.91. The summed E-state index contributed by atoms with van der Waals surface area (Å²) in [7, 11) is -8.89. The van der Waals surface area contributed by atoms with Gasteiger partial charge in [0, 0.05) is 13.1 Å². The van der Waals surface area contributed by atoms with E-state index in [0.29, 0.717) is 3.97 Å². The molecule has 1 aromatic heterocycles. The van der Waals surface area contributed by atoms with Crippen LogP contribution in [0.5, 0.6) is 0 Å². The Labute approximate surface area is 198 Å². The fraction of sp³-hybridized carbons (Fsp3) is 0.762. The van der Waals surface area contributed by atoms with Gasteiger partial charge in [0.1, 0.15) is 12.1 Å². The van der Waals surface area contributed by atoms with Gasteiger partial charge in [0.25, 0.3) is 15.2 Å². The Morgan fingerprint density at radius 3 is 1.82 bits per heavy atom. The highest BCUT2D eigenvalue weighted by Gasteiger charge is 2.34. The number of nitrogens with zero attached hydrogens (tertiary/aromatic N) is 4. The van der Waals surface area contributed by atoms with E-state index in [1.807, 2.05) is 27.7 Å². The van der Waals surface area contributed by atoms with Gasteiger partial charge >= 0.3 is 10.2 Å². The molecular formula is C21H36N6O4S2. The molecule has 12 heteroatoms. The molecule has 0 bridgehead atoms. The minimum absolute atomic E-state index is 0.0614. The van der Waals surface area contributed by atoms with Gasteiger partial charge in [-0.2, -0.15) is 27.6 Å². The van der Waals surface area contributed by atoms with E-state index in [2.05, 4.69) is 14.4 Å². The minimum Gasteiger partial charge on any atom is -0.208 e. The van der Waals surface area contributed by atoms with Crippen LogP contribution in [0.4, 0.5) is 0 Å². The summed E-state index contributed by atoms with van der Waals surface area (Å²) in [5, 5.41) is 17.9.